The summed E-state index contributed by atoms with van der Waals surface area (Å²) in [4.78, 5) is 16.0. The van der Waals surface area contributed by atoms with Crippen LogP contribution in [0.5, 0.6) is 0 Å². The normalized spacial score (nSPS) is 16.8. The molecule has 0 spiro atoms. The molecule has 0 saturated carbocycles. The molecule has 1 amide bonds. The maximum atomic E-state index is 12.7. The van der Waals surface area contributed by atoms with Gasteiger partial charge >= 0.3 is 6.18 Å². The lowest BCUT2D eigenvalue weighted by Crippen LogP contribution is -2.15. The van der Waals surface area contributed by atoms with Crippen LogP contribution in [0, 0.1) is 6.92 Å². The molecule has 0 aliphatic carbocycles. The van der Waals surface area contributed by atoms with E-state index in [1.807, 2.05) is 19.1 Å². The van der Waals surface area contributed by atoms with Gasteiger partial charge in [-0.25, -0.2) is 0 Å². The SMILES string of the molecule is Cc1ccc(C(=O)Nc2cncc(C(F)(F)F)c2)cc1[C@@H]1CCNC1.Cl. The molecule has 1 aliphatic heterocycles. The zero-order chi connectivity index (χ0) is 18.0. The van der Waals surface area contributed by atoms with Crippen LogP contribution in [-0.2, 0) is 6.18 Å². The maximum absolute atomic E-state index is 12.7. The zero-order valence-corrected chi connectivity index (χ0v) is 14.9. The molecule has 1 fully saturated rings. The van der Waals surface area contributed by atoms with E-state index in [9.17, 15) is 18.0 Å². The van der Waals surface area contributed by atoms with Crippen molar-refractivity contribution in [3.63, 3.8) is 0 Å². The number of carbonyl (C=O) groups excluding carboxylic acids is 1. The van der Waals surface area contributed by atoms with E-state index in [0.29, 0.717) is 11.5 Å². The molecule has 2 aromatic rings. The molecule has 2 N–H and O–H groups in total. The first-order valence-electron chi connectivity index (χ1n) is 7.99. The summed E-state index contributed by atoms with van der Waals surface area (Å²) >= 11 is 0. The van der Waals surface area contributed by atoms with Crippen molar-refractivity contribution in [1.82, 2.24) is 10.3 Å². The monoisotopic (exact) mass is 385 g/mol. The molecule has 2 heterocycles. The van der Waals surface area contributed by atoms with Crippen LogP contribution >= 0.6 is 12.4 Å². The van der Waals surface area contributed by atoms with Gasteiger partial charge < -0.3 is 10.6 Å². The Labute approximate surface area is 155 Å². The Balaban J connectivity index is 0.00000243. The molecule has 3 rings (SSSR count). The van der Waals surface area contributed by atoms with E-state index in [-0.39, 0.29) is 18.1 Å². The Morgan fingerprint density at radius 1 is 1.27 bits per heavy atom. The predicted octanol–water partition coefficient (Wildman–Crippen LogP) is 4.16. The number of hydrogen-bond acceptors (Lipinski definition) is 3. The van der Waals surface area contributed by atoms with Gasteiger partial charge in [0.05, 0.1) is 17.4 Å². The van der Waals surface area contributed by atoms with Gasteiger partial charge in [0.1, 0.15) is 0 Å². The Hall–Kier alpha value is -2.12. The molecule has 1 aromatic carbocycles. The van der Waals surface area contributed by atoms with Crippen molar-refractivity contribution < 1.29 is 18.0 Å². The average molecular weight is 386 g/mol. The summed E-state index contributed by atoms with van der Waals surface area (Å²) in [6.45, 7) is 3.80. The van der Waals surface area contributed by atoms with Gasteiger partial charge in [0, 0.05) is 18.3 Å². The van der Waals surface area contributed by atoms with Gasteiger partial charge in [0.25, 0.3) is 5.91 Å². The van der Waals surface area contributed by atoms with E-state index in [1.165, 1.54) is 6.20 Å². The Bertz CT molecular complexity index is 789. The smallest absolute Gasteiger partial charge is 0.321 e. The zero-order valence-electron chi connectivity index (χ0n) is 14.1. The Kier molecular flexibility index (Phi) is 6.26. The number of benzene rings is 1. The lowest BCUT2D eigenvalue weighted by molar-refractivity contribution is -0.137. The third kappa shape index (κ3) is 4.53. The third-order valence-electron chi connectivity index (χ3n) is 4.37. The fourth-order valence-corrected chi connectivity index (χ4v) is 3.01. The summed E-state index contributed by atoms with van der Waals surface area (Å²) in [5, 5.41) is 5.78. The molecule has 0 radical (unpaired) electrons. The number of hydrogen-bond donors (Lipinski definition) is 2. The molecule has 0 unspecified atom stereocenters. The highest BCUT2D eigenvalue weighted by Crippen LogP contribution is 2.30. The quantitative estimate of drug-likeness (QED) is 0.834. The molecule has 8 heteroatoms. The second-order valence-electron chi connectivity index (χ2n) is 6.18. The largest absolute Gasteiger partial charge is 0.417 e. The van der Waals surface area contributed by atoms with Gasteiger partial charge in [-0.3, -0.25) is 9.78 Å². The van der Waals surface area contributed by atoms with Crippen molar-refractivity contribution in [2.75, 3.05) is 18.4 Å². The van der Waals surface area contributed by atoms with Gasteiger partial charge in [-0.05, 0) is 55.1 Å². The van der Waals surface area contributed by atoms with E-state index >= 15 is 0 Å². The van der Waals surface area contributed by atoms with Crippen molar-refractivity contribution >= 4 is 24.0 Å². The first-order chi connectivity index (χ1) is 11.8. The first-order valence-corrected chi connectivity index (χ1v) is 7.99. The van der Waals surface area contributed by atoms with Crippen molar-refractivity contribution in [1.29, 1.82) is 0 Å². The van der Waals surface area contributed by atoms with Crippen LogP contribution in [-0.4, -0.2) is 24.0 Å². The van der Waals surface area contributed by atoms with E-state index < -0.39 is 17.6 Å². The van der Waals surface area contributed by atoms with Crippen molar-refractivity contribution in [2.24, 2.45) is 0 Å². The van der Waals surface area contributed by atoms with Crippen molar-refractivity contribution in [3.8, 4) is 0 Å². The highest BCUT2D eigenvalue weighted by molar-refractivity contribution is 6.04. The molecule has 1 aliphatic rings. The molecule has 0 bridgehead atoms. The standard InChI is InChI=1S/C18H18F3N3O.ClH/c1-11-2-3-12(6-16(11)13-4-5-22-8-13)17(25)24-15-7-14(9-23-10-15)18(19,20)21;/h2-3,6-7,9-10,13,22H,4-5,8H2,1H3,(H,24,25);1H/t13-;/m1./s1. The number of nitrogens with zero attached hydrogens (tertiary/aromatic N) is 1. The van der Waals surface area contributed by atoms with Crippen LogP contribution in [0.15, 0.2) is 36.7 Å². The van der Waals surface area contributed by atoms with Crippen LogP contribution in [0.4, 0.5) is 18.9 Å². The van der Waals surface area contributed by atoms with E-state index in [0.717, 1.165) is 42.9 Å². The number of amides is 1. The summed E-state index contributed by atoms with van der Waals surface area (Å²) in [6.07, 6.45) is -1.57. The van der Waals surface area contributed by atoms with Crippen LogP contribution in [0.1, 0.15) is 39.4 Å². The van der Waals surface area contributed by atoms with Crippen LogP contribution in [0.3, 0.4) is 0 Å². The second-order valence-corrected chi connectivity index (χ2v) is 6.18. The average Bonchev–Trinajstić information content (AvgIpc) is 3.09. The number of alkyl halides is 3. The van der Waals surface area contributed by atoms with Crippen LogP contribution < -0.4 is 10.6 Å². The minimum Gasteiger partial charge on any atom is -0.321 e. The molecule has 140 valence electrons. The fourth-order valence-electron chi connectivity index (χ4n) is 3.01. The van der Waals surface area contributed by atoms with E-state index in [4.69, 9.17) is 0 Å². The second kappa shape index (κ2) is 8.05. The maximum Gasteiger partial charge on any atom is 0.417 e. The lowest BCUT2D eigenvalue weighted by Gasteiger charge is -2.14. The minimum atomic E-state index is -4.50. The number of rotatable bonds is 3. The summed E-state index contributed by atoms with van der Waals surface area (Å²) in [5.74, 6) is -0.101. The third-order valence-corrected chi connectivity index (χ3v) is 4.37. The number of halogens is 4. The highest BCUT2D eigenvalue weighted by Gasteiger charge is 2.31. The van der Waals surface area contributed by atoms with Crippen LogP contribution in [0.25, 0.3) is 0 Å². The van der Waals surface area contributed by atoms with Crippen LogP contribution in [0.2, 0.25) is 0 Å². The number of anilines is 1. The van der Waals surface area contributed by atoms with Gasteiger partial charge in [-0.15, -0.1) is 12.4 Å². The topological polar surface area (TPSA) is 54.0 Å². The number of pyridine rings is 1. The van der Waals surface area contributed by atoms with Crippen molar-refractivity contribution in [2.45, 2.75) is 25.4 Å². The van der Waals surface area contributed by atoms with Crippen molar-refractivity contribution in [3.05, 3.63) is 58.9 Å². The number of nitrogens with one attached hydrogen (secondary N) is 2. The molecule has 4 nitrogen and oxygen atoms in total. The molecular formula is C18H19ClF3N3O. The summed E-state index contributed by atoms with van der Waals surface area (Å²) in [7, 11) is 0. The van der Waals surface area contributed by atoms with Gasteiger partial charge in [0.2, 0.25) is 0 Å². The Morgan fingerprint density at radius 3 is 2.69 bits per heavy atom. The number of aryl methyl sites for hydroxylation is 1. The molecule has 1 saturated heterocycles. The number of carbonyl (C=O) groups is 1. The van der Waals surface area contributed by atoms with E-state index in [2.05, 4.69) is 15.6 Å². The molecular weight excluding hydrogens is 367 g/mol. The van der Waals surface area contributed by atoms with Gasteiger partial charge in [-0.2, -0.15) is 13.2 Å². The fraction of sp³-hybridized carbons (Fsp3) is 0.333. The summed E-state index contributed by atoms with van der Waals surface area (Å²) in [6, 6.07) is 6.24. The summed E-state index contributed by atoms with van der Waals surface area (Å²) in [5.41, 5.74) is 1.74. The minimum absolute atomic E-state index is 0. The molecule has 1 atom stereocenters. The van der Waals surface area contributed by atoms with E-state index in [1.54, 1.807) is 6.07 Å². The molecule has 1 aromatic heterocycles. The lowest BCUT2D eigenvalue weighted by atomic mass is 9.92. The summed E-state index contributed by atoms with van der Waals surface area (Å²) < 4.78 is 38.2. The molecule has 26 heavy (non-hydrogen) atoms. The highest BCUT2D eigenvalue weighted by atomic mass is 35.5. The Morgan fingerprint density at radius 2 is 2.04 bits per heavy atom. The van der Waals surface area contributed by atoms with Gasteiger partial charge in [0.15, 0.2) is 0 Å². The number of aromatic nitrogens is 1. The first kappa shape index (κ1) is 20.2. The van der Waals surface area contributed by atoms with Gasteiger partial charge in [-0.1, -0.05) is 6.07 Å². The predicted molar refractivity (Wildman–Crippen MR) is 95.8 cm³/mol.